The average molecular weight is 277 g/mol. The predicted molar refractivity (Wildman–Crippen MR) is 76.8 cm³/mol. The first kappa shape index (κ1) is 12.8. The first-order valence-corrected chi connectivity index (χ1v) is 7.58. The van der Waals surface area contributed by atoms with Gasteiger partial charge in [0.2, 0.25) is 0 Å². The molecule has 1 aliphatic rings. The lowest BCUT2D eigenvalue weighted by Crippen LogP contribution is -2.29. The highest BCUT2D eigenvalue weighted by Gasteiger charge is 2.25. The maximum Gasteiger partial charge on any atom is 0.177 e. The third kappa shape index (κ3) is 2.88. The van der Waals surface area contributed by atoms with E-state index in [4.69, 9.17) is 10.3 Å². The summed E-state index contributed by atoms with van der Waals surface area (Å²) in [6.07, 6.45) is 1.19. The molecule has 1 aliphatic heterocycles. The number of nitrogens with two attached hydrogens (primary N) is 1. The molecule has 2 aromatic rings. The van der Waals surface area contributed by atoms with Crippen LogP contribution in [0.5, 0.6) is 0 Å². The van der Waals surface area contributed by atoms with Crippen molar-refractivity contribution in [3.8, 4) is 10.6 Å². The molecule has 2 aromatic heterocycles. The Hall–Kier alpha value is -1.17. The molecule has 102 valence electrons. The molecule has 0 bridgehead atoms. The van der Waals surface area contributed by atoms with Crippen molar-refractivity contribution >= 4 is 11.3 Å². The highest BCUT2D eigenvalue weighted by molar-refractivity contribution is 7.13. The molecule has 1 saturated heterocycles. The molecule has 3 rings (SSSR count). The second kappa shape index (κ2) is 5.45. The van der Waals surface area contributed by atoms with E-state index in [1.165, 1.54) is 6.42 Å². The first-order chi connectivity index (χ1) is 9.22. The number of nitrogens with zero attached hydrogens (tertiary/aromatic N) is 2. The van der Waals surface area contributed by atoms with Crippen molar-refractivity contribution in [2.24, 2.45) is 11.7 Å². The molecule has 0 amide bonds. The Kier molecular flexibility index (Phi) is 3.68. The smallest absolute Gasteiger partial charge is 0.177 e. The highest BCUT2D eigenvalue weighted by atomic mass is 32.1. The molecule has 0 saturated carbocycles. The number of likely N-dealkylation sites (tertiary alicyclic amines) is 1. The maximum atomic E-state index is 5.96. The third-order valence-electron chi connectivity index (χ3n) is 3.76. The van der Waals surface area contributed by atoms with Gasteiger partial charge in [-0.15, -0.1) is 11.3 Å². The maximum absolute atomic E-state index is 5.96. The van der Waals surface area contributed by atoms with Crippen LogP contribution in [0.2, 0.25) is 0 Å². The fourth-order valence-electron chi connectivity index (χ4n) is 2.59. The normalized spacial score (nSPS) is 21.9. The van der Waals surface area contributed by atoms with Crippen LogP contribution in [0.1, 0.15) is 19.0 Å². The molecule has 2 N–H and O–H groups in total. The summed E-state index contributed by atoms with van der Waals surface area (Å²) in [6.45, 7) is 5.13. The van der Waals surface area contributed by atoms with E-state index in [2.05, 4.69) is 23.0 Å². The van der Waals surface area contributed by atoms with E-state index in [1.807, 2.05) is 17.5 Å². The Morgan fingerprint density at radius 2 is 2.53 bits per heavy atom. The van der Waals surface area contributed by atoms with Crippen molar-refractivity contribution in [3.05, 3.63) is 29.3 Å². The summed E-state index contributed by atoms with van der Waals surface area (Å²) in [7, 11) is 0. The molecule has 5 heteroatoms. The fraction of sp³-hybridized carbons (Fsp3) is 0.500. The Bertz CT molecular complexity index is 521. The molecule has 2 unspecified atom stereocenters. The van der Waals surface area contributed by atoms with E-state index in [1.54, 1.807) is 11.3 Å². The third-order valence-corrected chi connectivity index (χ3v) is 4.65. The highest BCUT2D eigenvalue weighted by Crippen LogP contribution is 2.26. The van der Waals surface area contributed by atoms with Crippen molar-refractivity contribution in [1.82, 2.24) is 10.1 Å². The Morgan fingerprint density at radius 1 is 1.63 bits per heavy atom. The van der Waals surface area contributed by atoms with E-state index in [0.717, 1.165) is 36.0 Å². The molecule has 0 aliphatic carbocycles. The molecule has 4 nitrogen and oxygen atoms in total. The van der Waals surface area contributed by atoms with Crippen LogP contribution in [0.3, 0.4) is 0 Å². The van der Waals surface area contributed by atoms with Gasteiger partial charge in [0, 0.05) is 25.2 Å². The summed E-state index contributed by atoms with van der Waals surface area (Å²) in [5, 5.41) is 6.21. The van der Waals surface area contributed by atoms with Gasteiger partial charge in [0.05, 0.1) is 10.6 Å². The zero-order chi connectivity index (χ0) is 13.2. The van der Waals surface area contributed by atoms with Crippen molar-refractivity contribution < 1.29 is 4.52 Å². The van der Waals surface area contributed by atoms with Gasteiger partial charge in [-0.05, 0) is 37.3 Å². The molecule has 0 spiro atoms. The van der Waals surface area contributed by atoms with E-state index in [-0.39, 0.29) is 6.04 Å². The fourth-order valence-corrected chi connectivity index (χ4v) is 3.26. The van der Waals surface area contributed by atoms with E-state index in [9.17, 15) is 0 Å². The van der Waals surface area contributed by atoms with Crippen molar-refractivity contribution in [2.75, 3.05) is 13.1 Å². The molecular formula is C14H19N3OS. The minimum absolute atomic E-state index is 0.281. The predicted octanol–water partition coefficient (Wildman–Crippen LogP) is 2.57. The molecule has 2 atom stereocenters. The van der Waals surface area contributed by atoms with Crippen LogP contribution in [0.15, 0.2) is 28.1 Å². The SMILES string of the molecule is CC(N)C1CCN(Cc2cc(-c3cccs3)on2)C1. The summed E-state index contributed by atoms with van der Waals surface area (Å²) in [6, 6.07) is 6.40. The van der Waals surface area contributed by atoms with Gasteiger partial charge in [-0.25, -0.2) is 0 Å². The lowest BCUT2D eigenvalue weighted by atomic mass is 10.0. The Labute approximate surface area is 117 Å². The summed E-state index contributed by atoms with van der Waals surface area (Å²) in [5.41, 5.74) is 6.97. The van der Waals surface area contributed by atoms with Crippen LogP contribution < -0.4 is 5.73 Å². The van der Waals surface area contributed by atoms with Gasteiger partial charge in [0.1, 0.15) is 0 Å². The van der Waals surface area contributed by atoms with Crippen molar-refractivity contribution in [3.63, 3.8) is 0 Å². The van der Waals surface area contributed by atoms with Crippen LogP contribution in [-0.4, -0.2) is 29.2 Å². The number of thiophene rings is 1. The zero-order valence-electron chi connectivity index (χ0n) is 11.1. The quantitative estimate of drug-likeness (QED) is 0.933. The van der Waals surface area contributed by atoms with Gasteiger partial charge >= 0.3 is 0 Å². The second-order valence-electron chi connectivity index (χ2n) is 5.30. The van der Waals surface area contributed by atoms with Crippen LogP contribution in [0.4, 0.5) is 0 Å². The van der Waals surface area contributed by atoms with Gasteiger partial charge in [0.15, 0.2) is 5.76 Å². The minimum atomic E-state index is 0.281. The van der Waals surface area contributed by atoms with Gasteiger partial charge in [-0.2, -0.15) is 0 Å². The largest absolute Gasteiger partial charge is 0.355 e. The minimum Gasteiger partial charge on any atom is -0.355 e. The lowest BCUT2D eigenvalue weighted by Gasteiger charge is -2.16. The Morgan fingerprint density at radius 3 is 3.21 bits per heavy atom. The standard InChI is InChI=1S/C14H19N3OS/c1-10(15)11-4-5-17(8-11)9-12-7-13(18-16-12)14-3-2-6-19-14/h2-3,6-7,10-11H,4-5,8-9,15H2,1H3. The summed E-state index contributed by atoms with van der Waals surface area (Å²) < 4.78 is 5.40. The molecule has 3 heterocycles. The number of hydrogen-bond donors (Lipinski definition) is 1. The van der Waals surface area contributed by atoms with Gasteiger partial charge < -0.3 is 10.3 Å². The van der Waals surface area contributed by atoms with E-state index in [0.29, 0.717) is 5.92 Å². The first-order valence-electron chi connectivity index (χ1n) is 6.70. The van der Waals surface area contributed by atoms with E-state index < -0.39 is 0 Å². The van der Waals surface area contributed by atoms with Gasteiger partial charge in [-0.1, -0.05) is 11.2 Å². The molecule has 1 fully saturated rings. The van der Waals surface area contributed by atoms with Crippen LogP contribution in [0, 0.1) is 5.92 Å². The summed E-state index contributed by atoms with van der Waals surface area (Å²) in [4.78, 5) is 3.54. The molecule has 0 aromatic carbocycles. The molecular weight excluding hydrogens is 258 g/mol. The number of hydrogen-bond acceptors (Lipinski definition) is 5. The zero-order valence-corrected chi connectivity index (χ0v) is 11.9. The average Bonchev–Trinajstić information content (AvgIpc) is 3.09. The molecule has 19 heavy (non-hydrogen) atoms. The van der Waals surface area contributed by atoms with Gasteiger partial charge in [0.25, 0.3) is 0 Å². The van der Waals surface area contributed by atoms with E-state index >= 15 is 0 Å². The van der Waals surface area contributed by atoms with Crippen LogP contribution in [0.25, 0.3) is 10.6 Å². The van der Waals surface area contributed by atoms with Crippen LogP contribution in [-0.2, 0) is 6.54 Å². The Balaban J connectivity index is 1.62. The van der Waals surface area contributed by atoms with Gasteiger partial charge in [-0.3, -0.25) is 4.90 Å². The number of rotatable bonds is 4. The van der Waals surface area contributed by atoms with Crippen molar-refractivity contribution in [1.29, 1.82) is 0 Å². The molecule has 0 radical (unpaired) electrons. The summed E-state index contributed by atoms with van der Waals surface area (Å²) in [5.74, 6) is 1.48. The van der Waals surface area contributed by atoms with Crippen LogP contribution >= 0.6 is 11.3 Å². The monoisotopic (exact) mass is 277 g/mol. The lowest BCUT2D eigenvalue weighted by molar-refractivity contribution is 0.296. The number of aromatic nitrogens is 1. The summed E-state index contributed by atoms with van der Waals surface area (Å²) >= 11 is 1.67. The van der Waals surface area contributed by atoms with Crippen molar-refractivity contribution in [2.45, 2.75) is 25.9 Å². The second-order valence-corrected chi connectivity index (χ2v) is 6.25. The topological polar surface area (TPSA) is 55.3 Å².